The van der Waals surface area contributed by atoms with E-state index in [2.05, 4.69) is 11.9 Å². The number of carbonyl (C=O) groups excluding carboxylic acids is 1. The van der Waals surface area contributed by atoms with Crippen molar-refractivity contribution in [3.05, 3.63) is 33.1 Å². The molecule has 1 fully saturated rings. The molecule has 1 aliphatic heterocycles. The highest BCUT2D eigenvalue weighted by Gasteiger charge is 2.24. The van der Waals surface area contributed by atoms with Gasteiger partial charge < -0.3 is 9.80 Å². The van der Waals surface area contributed by atoms with Crippen LogP contribution in [-0.2, 0) is 0 Å². The summed E-state index contributed by atoms with van der Waals surface area (Å²) in [6.45, 7) is 1.82. The molecule has 19 heavy (non-hydrogen) atoms. The molecule has 1 amide bonds. The summed E-state index contributed by atoms with van der Waals surface area (Å²) in [6, 6.07) is 4.73. The van der Waals surface area contributed by atoms with Crippen LogP contribution in [0.4, 0.5) is 4.39 Å². The molecule has 1 heterocycles. The van der Waals surface area contributed by atoms with E-state index in [0.29, 0.717) is 15.2 Å². The van der Waals surface area contributed by atoms with Crippen LogP contribution in [0.25, 0.3) is 0 Å². The lowest BCUT2D eigenvalue weighted by molar-refractivity contribution is 0.0760. The fourth-order valence-electron chi connectivity index (χ4n) is 2.48. The Kier molecular flexibility index (Phi) is 4.78. The Labute approximate surface area is 126 Å². The molecule has 3 nitrogen and oxygen atoms in total. The molecule has 1 saturated heterocycles. The summed E-state index contributed by atoms with van der Waals surface area (Å²) in [5, 5.41) is 0. The number of benzene rings is 1. The number of rotatable bonds is 3. The lowest BCUT2D eigenvalue weighted by Crippen LogP contribution is -2.39. The Bertz CT molecular complexity index is 481. The maximum absolute atomic E-state index is 13.1. The quantitative estimate of drug-likeness (QED) is 0.758. The smallest absolute Gasteiger partial charge is 0.254 e. The van der Waals surface area contributed by atoms with Crippen LogP contribution in [0.2, 0.25) is 0 Å². The Morgan fingerprint density at radius 1 is 1.58 bits per heavy atom. The third kappa shape index (κ3) is 3.45. The molecule has 2 rings (SSSR count). The molecule has 0 radical (unpaired) electrons. The number of hydrogen-bond donors (Lipinski definition) is 0. The highest BCUT2D eigenvalue weighted by molar-refractivity contribution is 14.1. The summed E-state index contributed by atoms with van der Waals surface area (Å²) < 4.78 is 13.7. The fraction of sp³-hybridized carbons (Fsp3) is 0.500. The molecule has 0 saturated carbocycles. The Hall–Kier alpha value is -0.690. The Balaban J connectivity index is 2.06. The average molecular weight is 376 g/mol. The van der Waals surface area contributed by atoms with Crippen molar-refractivity contribution >= 4 is 28.5 Å². The summed E-state index contributed by atoms with van der Waals surface area (Å²) in [5.74, 6) is -0.344. The van der Waals surface area contributed by atoms with Crippen molar-refractivity contribution in [1.82, 2.24) is 9.80 Å². The molecule has 0 spiro atoms. The first kappa shape index (κ1) is 14.7. The average Bonchev–Trinajstić information content (AvgIpc) is 2.74. The van der Waals surface area contributed by atoms with Crippen LogP contribution >= 0.6 is 22.6 Å². The Morgan fingerprint density at radius 2 is 2.32 bits per heavy atom. The van der Waals surface area contributed by atoms with Crippen molar-refractivity contribution in [1.29, 1.82) is 0 Å². The highest BCUT2D eigenvalue weighted by atomic mass is 127. The summed E-state index contributed by atoms with van der Waals surface area (Å²) in [6.07, 6.45) is 2.33. The number of likely N-dealkylation sites (N-methyl/N-ethyl adjacent to an activating group) is 2. The van der Waals surface area contributed by atoms with Gasteiger partial charge in [0, 0.05) is 23.2 Å². The molecule has 1 aromatic carbocycles. The number of halogens is 2. The van der Waals surface area contributed by atoms with E-state index in [0.717, 1.165) is 19.5 Å². The van der Waals surface area contributed by atoms with Crippen molar-refractivity contribution in [3.8, 4) is 0 Å². The normalized spacial score (nSPS) is 19.7. The third-order valence-electron chi connectivity index (χ3n) is 3.66. The van der Waals surface area contributed by atoms with E-state index in [9.17, 15) is 9.18 Å². The van der Waals surface area contributed by atoms with E-state index in [-0.39, 0.29) is 11.7 Å². The van der Waals surface area contributed by atoms with Crippen molar-refractivity contribution < 1.29 is 9.18 Å². The van der Waals surface area contributed by atoms with E-state index < -0.39 is 0 Å². The molecular weight excluding hydrogens is 358 g/mol. The van der Waals surface area contributed by atoms with Crippen molar-refractivity contribution in [2.45, 2.75) is 18.9 Å². The minimum Gasteiger partial charge on any atom is -0.340 e. The van der Waals surface area contributed by atoms with E-state index >= 15 is 0 Å². The lowest BCUT2D eigenvalue weighted by Gasteiger charge is -2.26. The van der Waals surface area contributed by atoms with Gasteiger partial charge in [-0.3, -0.25) is 4.79 Å². The van der Waals surface area contributed by atoms with Crippen LogP contribution in [-0.4, -0.2) is 48.9 Å². The van der Waals surface area contributed by atoms with E-state index in [1.54, 1.807) is 11.0 Å². The summed E-state index contributed by atoms with van der Waals surface area (Å²) >= 11 is 2.01. The first-order valence-corrected chi connectivity index (χ1v) is 7.47. The maximum atomic E-state index is 13.1. The number of hydrogen-bond acceptors (Lipinski definition) is 2. The zero-order chi connectivity index (χ0) is 14.0. The minimum atomic E-state index is -0.306. The second kappa shape index (κ2) is 6.17. The number of likely N-dealkylation sites (tertiary alicyclic amines) is 1. The number of amides is 1. The van der Waals surface area contributed by atoms with Crippen LogP contribution in [0.1, 0.15) is 23.2 Å². The van der Waals surface area contributed by atoms with Gasteiger partial charge in [0.05, 0.1) is 5.56 Å². The SMILES string of the molecule is CN(CC1CCCN1C)C(=O)c1ccc(F)cc1I. The van der Waals surface area contributed by atoms with Crippen LogP contribution in [0, 0.1) is 9.39 Å². The predicted molar refractivity (Wildman–Crippen MR) is 81.7 cm³/mol. The van der Waals surface area contributed by atoms with Gasteiger partial charge in [-0.15, -0.1) is 0 Å². The van der Waals surface area contributed by atoms with Crippen molar-refractivity contribution in [3.63, 3.8) is 0 Å². The third-order valence-corrected chi connectivity index (χ3v) is 4.56. The van der Waals surface area contributed by atoms with Gasteiger partial charge >= 0.3 is 0 Å². The zero-order valence-electron chi connectivity index (χ0n) is 11.2. The van der Waals surface area contributed by atoms with Crippen LogP contribution < -0.4 is 0 Å². The molecular formula is C14H18FIN2O. The van der Waals surface area contributed by atoms with E-state index in [1.165, 1.54) is 18.6 Å². The van der Waals surface area contributed by atoms with E-state index in [4.69, 9.17) is 0 Å². The predicted octanol–water partition coefficient (Wildman–Crippen LogP) is 2.60. The second-order valence-corrected chi connectivity index (χ2v) is 6.25. The topological polar surface area (TPSA) is 23.6 Å². The Morgan fingerprint density at radius 3 is 2.89 bits per heavy atom. The van der Waals surface area contributed by atoms with Crippen molar-refractivity contribution in [2.75, 3.05) is 27.2 Å². The highest BCUT2D eigenvalue weighted by Crippen LogP contribution is 2.19. The summed E-state index contributed by atoms with van der Waals surface area (Å²) in [5.41, 5.74) is 0.574. The summed E-state index contributed by atoms with van der Waals surface area (Å²) in [7, 11) is 3.91. The number of carbonyl (C=O) groups is 1. The van der Waals surface area contributed by atoms with Gasteiger partial charge in [-0.2, -0.15) is 0 Å². The molecule has 0 aliphatic carbocycles. The van der Waals surface area contributed by atoms with Gasteiger partial charge in [-0.1, -0.05) is 0 Å². The molecule has 1 aromatic rings. The molecule has 0 aromatic heterocycles. The van der Waals surface area contributed by atoms with Gasteiger partial charge in [0.25, 0.3) is 5.91 Å². The minimum absolute atomic E-state index is 0.0373. The monoisotopic (exact) mass is 376 g/mol. The van der Waals surface area contributed by atoms with Crippen LogP contribution in [0.15, 0.2) is 18.2 Å². The first-order chi connectivity index (χ1) is 8.99. The second-order valence-electron chi connectivity index (χ2n) is 5.09. The standard InChI is InChI=1S/C14H18FIN2O/c1-17-7-3-4-11(17)9-18(2)14(19)12-6-5-10(15)8-13(12)16/h5-6,8,11H,3-4,7,9H2,1-2H3. The lowest BCUT2D eigenvalue weighted by atomic mass is 10.1. The zero-order valence-corrected chi connectivity index (χ0v) is 13.4. The van der Waals surface area contributed by atoms with Gasteiger partial charge in [-0.25, -0.2) is 4.39 Å². The fourth-order valence-corrected chi connectivity index (χ4v) is 3.19. The molecule has 5 heteroatoms. The molecule has 1 aliphatic rings. The van der Waals surface area contributed by atoms with Gasteiger partial charge in [0.2, 0.25) is 0 Å². The first-order valence-electron chi connectivity index (χ1n) is 6.40. The summed E-state index contributed by atoms with van der Waals surface area (Å²) in [4.78, 5) is 16.4. The molecule has 1 unspecified atom stereocenters. The van der Waals surface area contributed by atoms with Gasteiger partial charge in [0.15, 0.2) is 0 Å². The van der Waals surface area contributed by atoms with Gasteiger partial charge in [0.1, 0.15) is 5.82 Å². The molecule has 0 N–H and O–H groups in total. The largest absolute Gasteiger partial charge is 0.340 e. The number of nitrogens with zero attached hydrogens (tertiary/aromatic N) is 2. The van der Waals surface area contributed by atoms with Crippen molar-refractivity contribution in [2.24, 2.45) is 0 Å². The molecule has 0 bridgehead atoms. The van der Waals surface area contributed by atoms with Gasteiger partial charge in [-0.05, 0) is 67.2 Å². The molecule has 104 valence electrons. The maximum Gasteiger partial charge on any atom is 0.254 e. The molecule has 1 atom stereocenters. The van der Waals surface area contributed by atoms with Crippen LogP contribution in [0.3, 0.4) is 0 Å². The van der Waals surface area contributed by atoms with E-state index in [1.807, 2.05) is 29.6 Å². The van der Waals surface area contributed by atoms with Crippen LogP contribution in [0.5, 0.6) is 0 Å².